The third-order valence-electron chi connectivity index (χ3n) is 3.67. The summed E-state index contributed by atoms with van der Waals surface area (Å²) in [4.78, 5) is 4.43. The maximum Gasteiger partial charge on any atom is 0.257 e. The van der Waals surface area contributed by atoms with Crippen molar-refractivity contribution in [2.75, 3.05) is 11.9 Å². The first-order valence-electron chi connectivity index (χ1n) is 7.41. The van der Waals surface area contributed by atoms with Crippen LogP contribution in [0.2, 0.25) is 0 Å². The maximum atomic E-state index is 5.30. The van der Waals surface area contributed by atoms with Gasteiger partial charge in [0, 0.05) is 24.2 Å². The summed E-state index contributed by atoms with van der Waals surface area (Å²) in [6.07, 6.45) is 0.725. The van der Waals surface area contributed by atoms with E-state index in [-0.39, 0.29) is 0 Å². The zero-order chi connectivity index (χ0) is 15.4. The minimum Gasteiger partial charge on any atom is -0.385 e. The number of hydrogen-bond donors (Lipinski definition) is 1. The van der Waals surface area contributed by atoms with Crippen LogP contribution >= 0.6 is 0 Å². The average Bonchev–Trinajstić information content (AvgIpc) is 3.01. The largest absolute Gasteiger partial charge is 0.385 e. The molecule has 2 aromatic carbocycles. The summed E-state index contributed by atoms with van der Waals surface area (Å²) in [5.41, 5.74) is 4.66. The molecule has 3 aromatic rings. The maximum absolute atomic E-state index is 5.30. The molecule has 0 bridgehead atoms. The highest BCUT2D eigenvalue weighted by Crippen LogP contribution is 2.17. The van der Waals surface area contributed by atoms with Gasteiger partial charge in [0.25, 0.3) is 5.89 Å². The molecule has 0 aliphatic carbocycles. The fraction of sp³-hybridized carbons (Fsp3) is 0.222. The first-order valence-corrected chi connectivity index (χ1v) is 7.41. The molecule has 0 spiro atoms. The van der Waals surface area contributed by atoms with E-state index in [9.17, 15) is 0 Å². The summed E-state index contributed by atoms with van der Waals surface area (Å²) < 4.78 is 5.30. The van der Waals surface area contributed by atoms with Gasteiger partial charge in [0.15, 0.2) is 5.82 Å². The van der Waals surface area contributed by atoms with Crippen LogP contribution in [0.5, 0.6) is 0 Å². The van der Waals surface area contributed by atoms with Crippen LogP contribution < -0.4 is 5.32 Å². The highest BCUT2D eigenvalue weighted by atomic mass is 16.5. The van der Waals surface area contributed by atoms with Crippen molar-refractivity contribution in [3.8, 4) is 11.5 Å². The molecule has 22 heavy (non-hydrogen) atoms. The number of benzene rings is 2. The lowest BCUT2D eigenvalue weighted by atomic mass is 10.1. The molecular formula is C18H19N3O. The Morgan fingerprint density at radius 3 is 2.59 bits per heavy atom. The quantitative estimate of drug-likeness (QED) is 0.772. The standard InChI is InChI=1S/C18H19N3O/c1-13-8-9-16(12-14(13)2)19-11-10-17-20-18(22-21-17)15-6-4-3-5-7-15/h3-9,12,19H,10-11H2,1-2H3. The van der Waals surface area contributed by atoms with Gasteiger partial charge in [0.1, 0.15) is 0 Å². The smallest absolute Gasteiger partial charge is 0.257 e. The summed E-state index contributed by atoms with van der Waals surface area (Å²) in [6, 6.07) is 16.2. The number of anilines is 1. The van der Waals surface area contributed by atoms with Crippen molar-refractivity contribution >= 4 is 5.69 Å². The Labute approximate surface area is 130 Å². The Morgan fingerprint density at radius 2 is 1.82 bits per heavy atom. The summed E-state index contributed by atoms with van der Waals surface area (Å²) >= 11 is 0. The Bertz CT molecular complexity index is 750. The molecule has 0 unspecified atom stereocenters. The summed E-state index contributed by atoms with van der Waals surface area (Å²) in [7, 11) is 0. The lowest BCUT2D eigenvalue weighted by molar-refractivity contribution is 0.423. The van der Waals surface area contributed by atoms with Gasteiger partial charge in [0.05, 0.1) is 0 Å². The minimum absolute atomic E-state index is 0.571. The minimum atomic E-state index is 0.571. The van der Waals surface area contributed by atoms with Crippen molar-refractivity contribution in [2.45, 2.75) is 20.3 Å². The van der Waals surface area contributed by atoms with Gasteiger partial charge >= 0.3 is 0 Å². The van der Waals surface area contributed by atoms with Gasteiger partial charge in [-0.15, -0.1) is 0 Å². The van der Waals surface area contributed by atoms with E-state index in [1.54, 1.807) is 0 Å². The first-order chi connectivity index (χ1) is 10.7. The molecular weight excluding hydrogens is 274 g/mol. The molecule has 0 saturated heterocycles. The van der Waals surface area contributed by atoms with Gasteiger partial charge in [-0.2, -0.15) is 4.98 Å². The second-order valence-corrected chi connectivity index (χ2v) is 5.36. The van der Waals surface area contributed by atoms with Crippen molar-refractivity contribution in [1.29, 1.82) is 0 Å². The lowest BCUT2D eigenvalue weighted by Gasteiger charge is -2.07. The van der Waals surface area contributed by atoms with Gasteiger partial charge < -0.3 is 9.84 Å². The SMILES string of the molecule is Cc1ccc(NCCc2noc(-c3ccccc3)n2)cc1C. The number of nitrogens with zero attached hydrogens (tertiary/aromatic N) is 2. The number of rotatable bonds is 5. The van der Waals surface area contributed by atoms with E-state index in [2.05, 4.69) is 47.5 Å². The summed E-state index contributed by atoms with van der Waals surface area (Å²) in [6.45, 7) is 5.01. The third kappa shape index (κ3) is 3.34. The zero-order valence-corrected chi connectivity index (χ0v) is 12.8. The van der Waals surface area contributed by atoms with E-state index in [0.717, 1.165) is 30.0 Å². The van der Waals surface area contributed by atoms with Crippen molar-refractivity contribution in [1.82, 2.24) is 10.1 Å². The average molecular weight is 293 g/mol. The van der Waals surface area contributed by atoms with Gasteiger partial charge in [0.2, 0.25) is 0 Å². The lowest BCUT2D eigenvalue weighted by Crippen LogP contribution is -2.06. The van der Waals surface area contributed by atoms with Crippen LogP contribution in [0.25, 0.3) is 11.5 Å². The van der Waals surface area contributed by atoms with Gasteiger partial charge in [-0.3, -0.25) is 0 Å². The second kappa shape index (κ2) is 6.43. The van der Waals surface area contributed by atoms with E-state index in [1.807, 2.05) is 30.3 Å². The summed E-state index contributed by atoms with van der Waals surface area (Å²) in [5.74, 6) is 1.29. The predicted molar refractivity (Wildman–Crippen MR) is 87.8 cm³/mol. The van der Waals surface area contributed by atoms with Crippen LogP contribution in [0.1, 0.15) is 17.0 Å². The van der Waals surface area contributed by atoms with E-state index in [1.165, 1.54) is 11.1 Å². The highest BCUT2D eigenvalue weighted by molar-refractivity contribution is 5.52. The molecule has 0 aliphatic heterocycles. The topological polar surface area (TPSA) is 51.0 Å². The Balaban J connectivity index is 1.58. The fourth-order valence-corrected chi connectivity index (χ4v) is 2.22. The first kappa shape index (κ1) is 14.3. The monoisotopic (exact) mass is 293 g/mol. The molecule has 1 aromatic heterocycles. The van der Waals surface area contributed by atoms with Crippen LogP contribution in [0.15, 0.2) is 53.1 Å². The molecule has 0 atom stereocenters. The molecule has 1 N–H and O–H groups in total. The molecule has 4 nitrogen and oxygen atoms in total. The molecule has 3 rings (SSSR count). The number of hydrogen-bond acceptors (Lipinski definition) is 4. The Morgan fingerprint density at radius 1 is 1.00 bits per heavy atom. The van der Waals surface area contributed by atoms with E-state index in [4.69, 9.17) is 4.52 Å². The van der Waals surface area contributed by atoms with Gasteiger partial charge in [-0.1, -0.05) is 29.4 Å². The van der Waals surface area contributed by atoms with Gasteiger partial charge in [-0.05, 0) is 49.2 Å². The summed E-state index contributed by atoms with van der Waals surface area (Å²) in [5, 5.41) is 7.42. The van der Waals surface area contributed by atoms with E-state index >= 15 is 0 Å². The van der Waals surface area contributed by atoms with Crippen LogP contribution in [0, 0.1) is 13.8 Å². The molecule has 112 valence electrons. The molecule has 0 saturated carbocycles. The fourth-order valence-electron chi connectivity index (χ4n) is 2.22. The van der Waals surface area contributed by atoms with E-state index < -0.39 is 0 Å². The zero-order valence-electron chi connectivity index (χ0n) is 12.8. The predicted octanol–water partition coefficient (Wildman–Crippen LogP) is 4.01. The molecule has 0 fully saturated rings. The van der Waals surface area contributed by atoms with Crippen molar-refractivity contribution < 1.29 is 4.52 Å². The molecule has 0 aliphatic rings. The normalized spacial score (nSPS) is 10.6. The Hall–Kier alpha value is -2.62. The molecule has 0 amide bonds. The van der Waals surface area contributed by atoms with Crippen LogP contribution in [0.4, 0.5) is 5.69 Å². The van der Waals surface area contributed by atoms with Crippen molar-refractivity contribution in [3.05, 3.63) is 65.5 Å². The highest BCUT2D eigenvalue weighted by Gasteiger charge is 2.07. The molecule has 1 heterocycles. The number of aromatic nitrogens is 2. The Kier molecular flexibility index (Phi) is 4.19. The van der Waals surface area contributed by atoms with Crippen LogP contribution in [-0.4, -0.2) is 16.7 Å². The van der Waals surface area contributed by atoms with Crippen molar-refractivity contribution in [2.24, 2.45) is 0 Å². The second-order valence-electron chi connectivity index (χ2n) is 5.36. The third-order valence-corrected chi connectivity index (χ3v) is 3.67. The molecule has 0 radical (unpaired) electrons. The van der Waals surface area contributed by atoms with Gasteiger partial charge in [-0.25, -0.2) is 0 Å². The van der Waals surface area contributed by atoms with Crippen LogP contribution in [-0.2, 0) is 6.42 Å². The van der Waals surface area contributed by atoms with E-state index in [0.29, 0.717) is 5.89 Å². The number of aryl methyl sites for hydroxylation is 2. The molecule has 4 heteroatoms. The number of nitrogens with one attached hydrogen (secondary N) is 1. The van der Waals surface area contributed by atoms with Crippen molar-refractivity contribution in [3.63, 3.8) is 0 Å². The van der Waals surface area contributed by atoms with Crippen LogP contribution in [0.3, 0.4) is 0 Å².